The molecule has 0 aromatic heterocycles. The third kappa shape index (κ3) is 6.33. The molecule has 1 atom stereocenters. The summed E-state index contributed by atoms with van der Waals surface area (Å²) in [5, 5.41) is 3.16. The van der Waals surface area contributed by atoms with Gasteiger partial charge in [0.2, 0.25) is 0 Å². The number of piperidine rings is 1. The lowest BCUT2D eigenvalue weighted by Gasteiger charge is -2.33. The predicted molar refractivity (Wildman–Crippen MR) is 102 cm³/mol. The summed E-state index contributed by atoms with van der Waals surface area (Å²) in [5.74, 6) is -0.219. The number of likely N-dealkylation sites (tertiary alicyclic amines) is 1. The molecule has 1 aromatic rings. The maximum atomic E-state index is 12.7. The topological polar surface area (TPSA) is 61.9 Å². The Bertz CT molecular complexity index is 569. The Kier molecular flexibility index (Phi) is 7.91. The van der Waals surface area contributed by atoms with Crippen LogP contribution in [0.3, 0.4) is 0 Å². The van der Waals surface area contributed by atoms with Crippen molar-refractivity contribution in [3.05, 3.63) is 35.9 Å². The molecular formula is C20H31N3O3. The molecule has 2 rings (SSSR count). The number of carbonyl (C=O) groups is 2. The number of nitrogens with zero attached hydrogens (tertiary/aromatic N) is 2. The van der Waals surface area contributed by atoms with Crippen molar-refractivity contribution in [3.63, 3.8) is 0 Å². The summed E-state index contributed by atoms with van der Waals surface area (Å²) in [5.41, 5.74) is 1.21. The van der Waals surface area contributed by atoms with Crippen LogP contribution in [0, 0.1) is 5.92 Å². The van der Waals surface area contributed by atoms with E-state index in [4.69, 9.17) is 4.74 Å². The van der Waals surface area contributed by atoms with Crippen LogP contribution < -0.4 is 5.32 Å². The zero-order valence-electron chi connectivity index (χ0n) is 16.1. The second-order valence-corrected chi connectivity index (χ2v) is 7.11. The van der Waals surface area contributed by atoms with Crippen molar-refractivity contribution in [2.75, 3.05) is 40.3 Å². The molecule has 0 spiro atoms. The van der Waals surface area contributed by atoms with Gasteiger partial charge in [0.05, 0.1) is 12.5 Å². The van der Waals surface area contributed by atoms with Gasteiger partial charge in [-0.05, 0) is 45.8 Å². The number of urea groups is 1. The first-order chi connectivity index (χ1) is 12.5. The van der Waals surface area contributed by atoms with Gasteiger partial charge >= 0.3 is 12.0 Å². The summed E-state index contributed by atoms with van der Waals surface area (Å²) >= 11 is 0. The molecule has 6 heteroatoms. The van der Waals surface area contributed by atoms with E-state index in [2.05, 4.69) is 22.3 Å². The lowest BCUT2D eigenvalue weighted by Crippen LogP contribution is -2.51. The van der Waals surface area contributed by atoms with Crippen LogP contribution >= 0.6 is 0 Å². The molecule has 1 unspecified atom stereocenters. The summed E-state index contributed by atoms with van der Waals surface area (Å²) in [7, 11) is 4.02. The lowest BCUT2D eigenvalue weighted by atomic mass is 9.97. The van der Waals surface area contributed by atoms with E-state index in [0.717, 1.165) is 13.0 Å². The van der Waals surface area contributed by atoms with Gasteiger partial charge in [0.15, 0.2) is 0 Å². The van der Waals surface area contributed by atoms with Gasteiger partial charge in [-0.1, -0.05) is 30.3 Å². The normalized spacial score (nSPS) is 16.4. The molecule has 0 saturated carbocycles. The van der Waals surface area contributed by atoms with Gasteiger partial charge in [0.25, 0.3) is 0 Å². The zero-order chi connectivity index (χ0) is 18.9. The number of esters is 1. The first-order valence-electron chi connectivity index (χ1n) is 9.40. The van der Waals surface area contributed by atoms with Crippen LogP contribution in [-0.4, -0.2) is 68.2 Å². The number of carbonyl (C=O) groups excluding carboxylic acids is 2. The highest BCUT2D eigenvalue weighted by Gasteiger charge is 2.29. The van der Waals surface area contributed by atoms with Crippen LogP contribution in [0.15, 0.2) is 30.3 Å². The van der Waals surface area contributed by atoms with Crippen molar-refractivity contribution in [1.82, 2.24) is 15.1 Å². The summed E-state index contributed by atoms with van der Waals surface area (Å²) in [6.07, 6.45) is 2.14. The maximum absolute atomic E-state index is 12.7. The van der Waals surface area contributed by atoms with E-state index in [0.29, 0.717) is 32.5 Å². The minimum absolute atomic E-state index is 0.0441. The van der Waals surface area contributed by atoms with Crippen LogP contribution in [0.1, 0.15) is 25.3 Å². The number of rotatable bonds is 7. The first-order valence-corrected chi connectivity index (χ1v) is 9.40. The largest absolute Gasteiger partial charge is 0.466 e. The van der Waals surface area contributed by atoms with Crippen LogP contribution in [0.2, 0.25) is 0 Å². The van der Waals surface area contributed by atoms with E-state index in [1.54, 1.807) is 0 Å². The third-order valence-corrected chi connectivity index (χ3v) is 4.64. The summed E-state index contributed by atoms with van der Waals surface area (Å²) in [6.45, 7) is 4.19. The minimum atomic E-state index is -0.137. The number of hydrogen-bond acceptors (Lipinski definition) is 4. The molecule has 1 aromatic carbocycles. The van der Waals surface area contributed by atoms with Gasteiger partial charge in [-0.25, -0.2) is 4.79 Å². The fourth-order valence-corrected chi connectivity index (χ4v) is 3.34. The predicted octanol–water partition coefficient (Wildman–Crippen LogP) is 2.14. The van der Waals surface area contributed by atoms with Gasteiger partial charge in [-0.2, -0.15) is 0 Å². The number of hydrogen-bond donors (Lipinski definition) is 1. The molecular weight excluding hydrogens is 330 g/mol. The second kappa shape index (κ2) is 10.2. The van der Waals surface area contributed by atoms with Crippen molar-refractivity contribution >= 4 is 12.0 Å². The molecule has 6 nitrogen and oxygen atoms in total. The smallest absolute Gasteiger partial charge is 0.317 e. The van der Waals surface area contributed by atoms with Crippen molar-refractivity contribution in [2.24, 2.45) is 5.92 Å². The van der Waals surface area contributed by atoms with E-state index in [9.17, 15) is 9.59 Å². The molecule has 1 aliphatic heterocycles. The highest BCUT2D eigenvalue weighted by Crippen LogP contribution is 2.19. The molecule has 2 amide bonds. The quantitative estimate of drug-likeness (QED) is 0.756. The van der Waals surface area contributed by atoms with E-state index >= 15 is 0 Å². The van der Waals surface area contributed by atoms with Crippen LogP contribution in [-0.2, 0) is 16.0 Å². The Morgan fingerprint density at radius 3 is 2.46 bits per heavy atom. The molecule has 1 N–H and O–H groups in total. The van der Waals surface area contributed by atoms with E-state index in [1.165, 1.54) is 5.56 Å². The highest BCUT2D eigenvalue weighted by atomic mass is 16.5. The van der Waals surface area contributed by atoms with Gasteiger partial charge in [-0.3, -0.25) is 4.79 Å². The molecule has 0 radical (unpaired) electrons. The average molecular weight is 361 g/mol. The Balaban J connectivity index is 1.88. The van der Waals surface area contributed by atoms with E-state index in [-0.39, 0.29) is 24.0 Å². The second-order valence-electron chi connectivity index (χ2n) is 7.11. The molecule has 1 saturated heterocycles. The standard InChI is InChI=1S/C20H31N3O3/c1-4-26-19(24)17-10-12-23(13-11-17)20(25)21-18(15-22(2)3)14-16-8-6-5-7-9-16/h5-9,17-18H,4,10-15H2,1-3H3,(H,21,25). The molecule has 26 heavy (non-hydrogen) atoms. The van der Waals surface area contributed by atoms with E-state index in [1.807, 2.05) is 44.1 Å². The van der Waals surface area contributed by atoms with E-state index < -0.39 is 0 Å². The Morgan fingerprint density at radius 2 is 1.88 bits per heavy atom. The minimum Gasteiger partial charge on any atom is -0.466 e. The first kappa shape index (κ1) is 20.2. The average Bonchev–Trinajstić information content (AvgIpc) is 2.62. The molecule has 1 heterocycles. The van der Waals surface area contributed by atoms with Gasteiger partial charge in [0.1, 0.15) is 0 Å². The van der Waals surface area contributed by atoms with Crippen molar-refractivity contribution in [3.8, 4) is 0 Å². The molecule has 144 valence electrons. The lowest BCUT2D eigenvalue weighted by molar-refractivity contribution is -0.149. The number of benzene rings is 1. The summed E-state index contributed by atoms with van der Waals surface area (Å²) in [4.78, 5) is 28.4. The number of nitrogens with one attached hydrogen (secondary N) is 1. The van der Waals surface area contributed by atoms with Crippen LogP contribution in [0.25, 0.3) is 0 Å². The number of amides is 2. The Labute approximate surface area is 156 Å². The van der Waals surface area contributed by atoms with Crippen LogP contribution in [0.5, 0.6) is 0 Å². The highest BCUT2D eigenvalue weighted by molar-refractivity contribution is 5.76. The third-order valence-electron chi connectivity index (χ3n) is 4.64. The number of ether oxygens (including phenoxy) is 1. The summed E-state index contributed by atoms with van der Waals surface area (Å²) < 4.78 is 5.09. The Morgan fingerprint density at radius 1 is 1.23 bits per heavy atom. The molecule has 0 bridgehead atoms. The fraction of sp³-hybridized carbons (Fsp3) is 0.600. The van der Waals surface area contributed by atoms with Crippen molar-refractivity contribution in [1.29, 1.82) is 0 Å². The molecule has 1 fully saturated rings. The van der Waals surface area contributed by atoms with Gasteiger partial charge in [-0.15, -0.1) is 0 Å². The number of likely N-dealkylation sites (N-methyl/N-ethyl adjacent to an activating group) is 1. The van der Waals surface area contributed by atoms with Gasteiger partial charge < -0.3 is 19.9 Å². The van der Waals surface area contributed by atoms with Crippen LogP contribution in [0.4, 0.5) is 4.79 Å². The van der Waals surface area contributed by atoms with Crippen molar-refractivity contribution in [2.45, 2.75) is 32.2 Å². The fourth-order valence-electron chi connectivity index (χ4n) is 3.34. The zero-order valence-corrected chi connectivity index (χ0v) is 16.1. The van der Waals surface area contributed by atoms with Gasteiger partial charge in [0, 0.05) is 25.7 Å². The summed E-state index contributed by atoms with van der Waals surface area (Å²) in [6, 6.07) is 10.2. The molecule has 0 aliphatic carbocycles. The monoisotopic (exact) mass is 361 g/mol. The van der Waals surface area contributed by atoms with Crippen molar-refractivity contribution < 1.29 is 14.3 Å². The Hall–Kier alpha value is -2.08. The SMILES string of the molecule is CCOC(=O)C1CCN(C(=O)NC(Cc2ccccc2)CN(C)C)CC1. The molecule has 1 aliphatic rings. The maximum Gasteiger partial charge on any atom is 0.317 e.